The molecule has 2 rings (SSSR count). The molecular weight excluding hydrogens is 314 g/mol. The summed E-state index contributed by atoms with van der Waals surface area (Å²) in [5.41, 5.74) is 5.76. The smallest absolute Gasteiger partial charge is 0.280 e. The highest BCUT2D eigenvalue weighted by Crippen LogP contribution is 2.14. The second kappa shape index (κ2) is 8.87. The molecule has 1 atom stereocenters. The first-order valence-electron chi connectivity index (χ1n) is 8.35. The lowest BCUT2D eigenvalue weighted by Crippen LogP contribution is -2.33. The molecule has 0 aliphatic rings. The second-order valence-corrected chi connectivity index (χ2v) is 5.98. The van der Waals surface area contributed by atoms with Gasteiger partial charge in [-0.1, -0.05) is 31.2 Å². The van der Waals surface area contributed by atoms with Crippen LogP contribution in [0.1, 0.15) is 25.0 Å². The summed E-state index contributed by atoms with van der Waals surface area (Å²) in [5.74, 6) is 0.379. The molecule has 5 nitrogen and oxygen atoms in total. The van der Waals surface area contributed by atoms with Gasteiger partial charge in [-0.25, -0.2) is 5.43 Å². The van der Waals surface area contributed by atoms with Crippen molar-refractivity contribution in [3.63, 3.8) is 0 Å². The maximum atomic E-state index is 12.0. The highest BCUT2D eigenvalue weighted by molar-refractivity contribution is 5.84. The molecule has 0 fully saturated rings. The Morgan fingerprint density at radius 1 is 1.16 bits per heavy atom. The molecule has 132 valence electrons. The predicted molar refractivity (Wildman–Crippen MR) is 102 cm³/mol. The Hall–Kier alpha value is -2.82. The van der Waals surface area contributed by atoms with Gasteiger partial charge in [0.1, 0.15) is 5.75 Å². The lowest BCUT2D eigenvalue weighted by Gasteiger charge is -2.13. The third-order valence-electron chi connectivity index (χ3n) is 3.81. The van der Waals surface area contributed by atoms with Crippen LogP contribution < -0.4 is 15.1 Å². The molecule has 0 bridgehead atoms. The molecule has 0 heterocycles. The second-order valence-electron chi connectivity index (χ2n) is 5.98. The van der Waals surface area contributed by atoms with Gasteiger partial charge < -0.3 is 9.64 Å². The fourth-order valence-corrected chi connectivity index (χ4v) is 2.18. The molecule has 2 aromatic carbocycles. The van der Waals surface area contributed by atoms with Crippen molar-refractivity contribution in [1.29, 1.82) is 0 Å². The number of aryl methyl sites for hydroxylation is 1. The van der Waals surface area contributed by atoms with E-state index in [1.54, 1.807) is 13.1 Å². The van der Waals surface area contributed by atoms with Crippen LogP contribution in [0.25, 0.3) is 0 Å². The zero-order valence-electron chi connectivity index (χ0n) is 15.2. The Morgan fingerprint density at radius 3 is 2.36 bits per heavy atom. The van der Waals surface area contributed by atoms with Crippen molar-refractivity contribution in [1.82, 2.24) is 5.43 Å². The first kappa shape index (κ1) is 18.5. The summed E-state index contributed by atoms with van der Waals surface area (Å²) in [7, 11) is 3.97. The largest absolute Gasteiger partial charge is 0.481 e. The Morgan fingerprint density at radius 2 is 1.80 bits per heavy atom. The minimum Gasteiger partial charge on any atom is -0.481 e. The summed E-state index contributed by atoms with van der Waals surface area (Å²) in [6, 6.07) is 15.6. The first-order chi connectivity index (χ1) is 12.0. The fourth-order valence-electron chi connectivity index (χ4n) is 2.18. The molecule has 0 aliphatic heterocycles. The number of carbonyl (C=O) groups excluding carboxylic acids is 1. The number of hydrazone groups is 1. The number of anilines is 1. The predicted octanol–water partition coefficient (Wildman–Crippen LogP) is 3.23. The van der Waals surface area contributed by atoms with E-state index in [2.05, 4.69) is 17.5 Å². The van der Waals surface area contributed by atoms with E-state index in [-0.39, 0.29) is 5.91 Å². The van der Waals surface area contributed by atoms with Crippen LogP contribution >= 0.6 is 0 Å². The van der Waals surface area contributed by atoms with Gasteiger partial charge in [0.25, 0.3) is 5.91 Å². The normalized spacial score (nSPS) is 12.0. The summed E-state index contributed by atoms with van der Waals surface area (Å²) >= 11 is 0. The summed E-state index contributed by atoms with van der Waals surface area (Å²) in [4.78, 5) is 14.1. The van der Waals surface area contributed by atoms with E-state index in [0.717, 1.165) is 17.7 Å². The van der Waals surface area contributed by atoms with E-state index in [1.807, 2.05) is 67.5 Å². The van der Waals surface area contributed by atoms with Gasteiger partial charge in [0.2, 0.25) is 0 Å². The number of benzene rings is 2. The Labute approximate surface area is 149 Å². The fraction of sp³-hybridized carbons (Fsp3) is 0.300. The molecule has 2 aromatic rings. The number of nitrogens with zero attached hydrogens (tertiary/aromatic N) is 2. The molecule has 1 N–H and O–H groups in total. The van der Waals surface area contributed by atoms with Gasteiger partial charge in [0, 0.05) is 19.8 Å². The highest BCUT2D eigenvalue weighted by Gasteiger charge is 2.13. The van der Waals surface area contributed by atoms with Crippen LogP contribution in [0.15, 0.2) is 53.6 Å². The topological polar surface area (TPSA) is 53.9 Å². The van der Waals surface area contributed by atoms with Gasteiger partial charge in [0.05, 0.1) is 6.21 Å². The van der Waals surface area contributed by atoms with Crippen molar-refractivity contribution in [2.75, 3.05) is 19.0 Å². The van der Waals surface area contributed by atoms with Crippen LogP contribution in [-0.2, 0) is 11.2 Å². The van der Waals surface area contributed by atoms with Crippen LogP contribution in [0, 0.1) is 0 Å². The van der Waals surface area contributed by atoms with Crippen molar-refractivity contribution in [3.05, 3.63) is 59.7 Å². The maximum Gasteiger partial charge on any atom is 0.280 e. The molecule has 0 saturated carbocycles. The summed E-state index contributed by atoms with van der Waals surface area (Å²) in [5, 5.41) is 3.99. The number of amides is 1. The van der Waals surface area contributed by atoms with Crippen LogP contribution in [0.2, 0.25) is 0 Å². The van der Waals surface area contributed by atoms with Crippen LogP contribution in [0.4, 0.5) is 5.69 Å². The third kappa shape index (κ3) is 5.64. The maximum absolute atomic E-state index is 12.0. The number of ether oxygens (including phenoxy) is 1. The lowest BCUT2D eigenvalue weighted by atomic mass is 10.2. The summed E-state index contributed by atoms with van der Waals surface area (Å²) in [6.07, 6.45) is 1.96. The van der Waals surface area contributed by atoms with Gasteiger partial charge in [-0.15, -0.1) is 0 Å². The zero-order valence-corrected chi connectivity index (χ0v) is 15.2. The van der Waals surface area contributed by atoms with E-state index in [1.165, 1.54) is 5.56 Å². The standard InChI is InChI=1S/C20H25N3O2/c1-5-16-8-12-19(13-9-16)25-15(2)20(24)22-21-14-17-6-10-18(11-7-17)23(3)4/h6-15H,5H2,1-4H3,(H,22,24). The molecular formula is C20H25N3O2. The molecule has 1 amide bonds. The molecule has 0 aliphatic carbocycles. The molecule has 0 spiro atoms. The van der Waals surface area contributed by atoms with Crippen LogP contribution in [-0.4, -0.2) is 32.3 Å². The number of carbonyl (C=O) groups is 1. The summed E-state index contributed by atoms with van der Waals surface area (Å²) in [6.45, 7) is 3.79. The third-order valence-corrected chi connectivity index (χ3v) is 3.81. The Bertz CT molecular complexity index is 707. The van der Waals surface area contributed by atoms with E-state index in [0.29, 0.717) is 5.75 Å². The minimum atomic E-state index is -0.624. The number of rotatable bonds is 7. The average molecular weight is 339 g/mol. The van der Waals surface area contributed by atoms with Crippen molar-refractivity contribution in [3.8, 4) is 5.75 Å². The molecule has 5 heteroatoms. The minimum absolute atomic E-state index is 0.291. The van der Waals surface area contributed by atoms with E-state index in [9.17, 15) is 4.79 Å². The van der Waals surface area contributed by atoms with E-state index < -0.39 is 6.10 Å². The first-order valence-corrected chi connectivity index (χ1v) is 8.35. The van der Waals surface area contributed by atoms with Crippen LogP contribution in [0.3, 0.4) is 0 Å². The van der Waals surface area contributed by atoms with Gasteiger partial charge in [-0.2, -0.15) is 5.10 Å². The van der Waals surface area contributed by atoms with E-state index in [4.69, 9.17) is 4.74 Å². The highest BCUT2D eigenvalue weighted by atomic mass is 16.5. The van der Waals surface area contributed by atoms with Crippen LogP contribution in [0.5, 0.6) is 5.75 Å². The quantitative estimate of drug-likeness (QED) is 0.622. The molecule has 25 heavy (non-hydrogen) atoms. The number of hydrogen-bond donors (Lipinski definition) is 1. The number of nitrogens with one attached hydrogen (secondary N) is 1. The Balaban J connectivity index is 1.85. The van der Waals surface area contributed by atoms with Gasteiger partial charge in [-0.3, -0.25) is 4.79 Å². The summed E-state index contributed by atoms with van der Waals surface area (Å²) < 4.78 is 5.63. The van der Waals surface area contributed by atoms with Gasteiger partial charge in [0.15, 0.2) is 6.10 Å². The molecule has 0 aromatic heterocycles. The average Bonchev–Trinajstić information content (AvgIpc) is 2.62. The van der Waals surface area contributed by atoms with Crippen molar-refractivity contribution < 1.29 is 9.53 Å². The van der Waals surface area contributed by atoms with Crippen molar-refractivity contribution in [2.24, 2.45) is 5.10 Å². The Kier molecular flexibility index (Phi) is 6.57. The molecule has 1 unspecified atom stereocenters. The van der Waals surface area contributed by atoms with E-state index >= 15 is 0 Å². The van der Waals surface area contributed by atoms with Crippen molar-refractivity contribution >= 4 is 17.8 Å². The van der Waals surface area contributed by atoms with Gasteiger partial charge in [-0.05, 0) is 48.7 Å². The van der Waals surface area contributed by atoms with Crippen molar-refractivity contribution in [2.45, 2.75) is 26.4 Å². The molecule has 0 radical (unpaired) electrons. The number of hydrogen-bond acceptors (Lipinski definition) is 4. The lowest BCUT2D eigenvalue weighted by molar-refractivity contribution is -0.127. The SMILES string of the molecule is CCc1ccc(OC(C)C(=O)NN=Cc2ccc(N(C)C)cc2)cc1. The van der Waals surface area contributed by atoms with Gasteiger partial charge >= 0.3 is 0 Å². The monoisotopic (exact) mass is 339 g/mol. The zero-order chi connectivity index (χ0) is 18.2. The molecule has 0 saturated heterocycles.